The molecule has 0 radical (unpaired) electrons. The third kappa shape index (κ3) is 4.88. The fourth-order valence-electron chi connectivity index (χ4n) is 3.60. The standard InChI is InChI=1S/C23H24N4O5/c1-24-11-3-7-20(24)14-25(15-21-8-4-12-32-21)22(28)16-26(18-9-10-18)23(29)17-5-2-6-19(13-17)27(30)31/h2-8,11-13,18H,9-10,14-16H2,1H3. The molecule has 166 valence electrons. The van der Waals surface area contributed by atoms with Gasteiger partial charge in [-0.2, -0.15) is 0 Å². The van der Waals surface area contributed by atoms with E-state index in [1.54, 1.807) is 29.4 Å². The van der Waals surface area contributed by atoms with Gasteiger partial charge in [0.2, 0.25) is 5.91 Å². The molecule has 0 aliphatic heterocycles. The number of aromatic nitrogens is 1. The average molecular weight is 436 g/mol. The van der Waals surface area contributed by atoms with Gasteiger partial charge in [0.05, 0.1) is 24.3 Å². The minimum atomic E-state index is -0.533. The minimum Gasteiger partial charge on any atom is -0.467 e. The van der Waals surface area contributed by atoms with Crippen LogP contribution in [-0.4, -0.2) is 43.7 Å². The number of aryl methyl sites for hydroxylation is 1. The molecule has 32 heavy (non-hydrogen) atoms. The summed E-state index contributed by atoms with van der Waals surface area (Å²) in [5.74, 6) is 0.0604. The van der Waals surface area contributed by atoms with Crippen molar-refractivity contribution in [2.45, 2.75) is 32.0 Å². The number of nitrogens with zero attached hydrogens (tertiary/aromatic N) is 4. The molecule has 3 aromatic rings. The lowest BCUT2D eigenvalue weighted by molar-refractivity contribution is -0.384. The first kappa shape index (κ1) is 21.4. The minimum absolute atomic E-state index is 0.0359. The number of hydrogen-bond acceptors (Lipinski definition) is 5. The van der Waals surface area contributed by atoms with Crippen LogP contribution in [0.25, 0.3) is 0 Å². The first-order valence-electron chi connectivity index (χ1n) is 10.4. The third-order valence-electron chi connectivity index (χ3n) is 5.54. The number of benzene rings is 1. The Bertz CT molecular complexity index is 1120. The van der Waals surface area contributed by atoms with Crippen LogP contribution in [0.1, 0.15) is 34.7 Å². The number of amides is 2. The van der Waals surface area contributed by atoms with Gasteiger partial charge < -0.3 is 18.8 Å². The third-order valence-corrected chi connectivity index (χ3v) is 5.54. The van der Waals surface area contributed by atoms with E-state index in [0.717, 1.165) is 18.5 Å². The summed E-state index contributed by atoms with van der Waals surface area (Å²) in [5.41, 5.74) is 1.01. The Morgan fingerprint density at radius 1 is 1.16 bits per heavy atom. The molecular weight excluding hydrogens is 412 g/mol. The Labute approximate surface area is 185 Å². The Kier molecular flexibility index (Phi) is 6.07. The van der Waals surface area contributed by atoms with Crippen molar-refractivity contribution in [1.82, 2.24) is 14.4 Å². The lowest BCUT2D eigenvalue weighted by Crippen LogP contribution is -2.43. The lowest BCUT2D eigenvalue weighted by Gasteiger charge is -2.27. The van der Waals surface area contributed by atoms with Crippen molar-refractivity contribution >= 4 is 17.5 Å². The van der Waals surface area contributed by atoms with Gasteiger partial charge >= 0.3 is 0 Å². The number of non-ortho nitro benzene ring substituents is 1. The summed E-state index contributed by atoms with van der Waals surface area (Å²) in [6.45, 7) is 0.546. The van der Waals surface area contributed by atoms with Crippen LogP contribution in [-0.2, 0) is 24.9 Å². The van der Waals surface area contributed by atoms with E-state index in [4.69, 9.17) is 4.42 Å². The van der Waals surface area contributed by atoms with Crippen LogP contribution >= 0.6 is 0 Å². The molecule has 0 N–H and O–H groups in total. The number of carbonyl (C=O) groups excluding carboxylic acids is 2. The number of nitro benzene ring substituents is 1. The maximum Gasteiger partial charge on any atom is 0.270 e. The van der Waals surface area contributed by atoms with E-state index in [-0.39, 0.29) is 42.2 Å². The maximum atomic E-state index is 13.3. The Morgan fingerprint density at radius 3 is 2.59 bits per heavy atom. The summed E-state index contributed by atoms with van der Waals surface area (Å²) in [6.07, 6.45) is 5.09. The molecule has 1 aliphatic carbocycles. The highest BCUT2D eigenvalue weighted by Gasteiger charge is 2.35. The van der Waals surface area contributed by atoms with Crippen LogP contribution in [0.3, 0.4) is 0 Å². The predicted octanol–water partition coefficient (Wildman–Crippen LogP) is 3.36. The molecule has 2 aromatic heterocycles. The van der Waals surface area contributed by atoms with Gasteiger partial charge in [0, 0.05) is 42.7 Å². The molecule has 0 unspecified atom stereocenters. The molecule has 0 atom stereocenters. The summed E-state index contributed by atoms with van der Waals surface area (Å²) in [6, 6.07) is 13.0. The smallest absolute Gasteiger partial charge is 0.270 e. The Morgan fingerprint density at radius 2 is 1.97 bits per heavy atom. The highest BCUT2D eigenvalue weighted by molar-refractivity contribution is 5.97. The van der Waals surface area contributed by atoms with Crippen molar-refractivity contribution in [3.05, 3.63) is 88.1 Å². The van der Waals surface area contributed by atoms with Gasteiger partial charge in [-0.3, -0.25) is 19.7 Å². The van der Waals surface area contributed by atoms with Crippen LogP contribution in [0.15, 0.2) is 65.4 Å². The van der Waals surface area contributed by atoms with Gasteiger partial charge in [0.1, 0.15) is 12.3 Å². The second kappa shape index (κ2) is 9.09. The molecule has 1 fully saturated rings. The zero-order valence-electron chi connectivity index (χ0n) is 17.7. The highest BCUT2D eigenvalue weighted by Crippen LogP contribution is 2.29. The topological polar surface area (TPSA) is 102 Å². The number of rotatable bonds is 9. The van der Waals surface area contributed by atoms with Crippen molar-refractivity contribution < 1.29 is 18.9 Å². The Balaban J connectivity index is 1.54. The second-order valence-electron chi connectivity index (χ2n) is 7.91. The molecule has 0 saturated heterocycles. The van der Waals surface area contributed by atoms with Crippen molar-refractivity contribution in [2.24, 2.45) is 7.05 Å². The van der Waals surface area contributed by atoms with Gasteiger partial charge in [0.25, 0.3) is 11.6 Å². The number of nitro groups is 1. The fourth-order valence-corrected chi connectivity index (χ4v) is 3.60. The van der Waals surface area contributed by atoms with E-state index in [0.29, 0.717) is 12.3 Å². The summed E-state index contributed by atoms with van der Waals surface area (Å²) in [5, 5.41) is 11.1. The van der Waals surface area contributed by atoms with Gasteiger partial charge in [0.15, 0.2) is 0 Å². The van der Waals surface area contributed by atoms with E-state index in [2.05, 4.69) is 0 Å². The second-order valence-corrected chi connectivity index (χ2v) is 7.91. The predicted molar refractivity (Wildman–Crippen MR) is 116 cm³/mol. The van der Waals surface area contributed by atoms with Crippen LogP contribution in [0.4, 0.5) is 5.69 Å². The molecule has 2 amide bonds. The van der Waals surface area contributed by atoms with Gasteiger partial charge in [-0.15, -0.1) is 0 Å². The zero-order chi connectivity index (χ0) is 22.7. The average Bonchev–Trinajstić information content (AvgIpc) is 3.35. The molecule has 4 rings (SSSR count). The van der Waals surface area contributed by atoms with Crippen molar-refractivity contribution in [1.29, 1.82) is 0 Å². The quantitative estimate of drug-likeness (QED) is 0.378. The first-order chi connectivity index (χ1) is 15.4. The van der Waals surface area contributed by atoms with E-state index >= 15 is 0 Å². The van der Waals surface area contributed by atoms with E-state index in [9.17, 15) is 19.7 Å². The Hall–Kier alpha value is -3.88. The fraction of sp³-hybridized carbons (Fsp3) is 0.304. The van der Waals surface area contributed by atoms with Crippen LogP contribution < -0.4 is 0 Å². The van der Waals surface area contributed by atoms with E-state index in [1.807, 2.05) is 29.9 Å². The summed E-state index contributed by atoms with van der Waals surface area (Å²) in [7, 11) is 1.91. The first-order valence-corrected chi connectivity index (χ1v) is 10.4. The summed E-state index contributed by atoms with van der Waals surface area (Å²) >= 11 is 0. The van der Waals surface area contributed by atoms with Crippen LogP contribution in [0, 0.1) is 10.1 Å². The summed E-state index contributed by atoms with van der Waals surface area (Å²) < 4.78 is 7.38. The van der Waals surface area contributed by atoms with Crippen molar-refractivity contribution in [3.63, 3.8) is 0 Å². The van der Waals surface area contributed by atoms with Gasteiger partial charge in [-0.25, -0.2) is 0 Å². The molecule has 1 aliphatic rings. The monoisotopic (exact) mass is 436 g/mol. The molecule has 0 spiro atoms. The largest absolute Gasteiger partial charge is 0.467 e. The number of hydrogen-bond donors (Lipinski definition) is 0. The van der Waals surface area contributed by atoms with Crippen molar-refractivity contribution in [3.8, 4) is 0 Å². The molecule has 2 heterocycles. The zero-order valence-corrected chi connectivity index (χ0v) is 17.7. The van der Waals surface area contributed by atoms with Gasteiger partial charge in [-0.05, 0) is 43.2 Å². The summed E-state index contributed by atoms with van der Waals surface area (Å²) in [4.78, 5) is 40.2. The van der Waals surface area contributed by atoms with E-state index < -0.39 is 4.92 Å². The van der Waals surface area contributed by atoms with Gasteiger partial charge in [-0.1, -0.05) is 6.07 Å². The number of carbonyl (C=O) groups is 2. The normalized spacial score (nSPS) is 13.0. The molecule has 9 heteroatoms. The lowest BCUT2D eigenvalue weighted by atomic mass is 10.1. The molecule has 0 bridgehead atoms. The van der Waals surface area contributed by atoms with E-state index in [1.165, 1.54) is 23.1 Å². The van der Waals surface area contributed by atoms with Crippen LogP contribution in [0.5, 0.6) is 0 Å². The maximum absolute atomic E-state index is 13.3. The molecule has 9 nitrogen and oxygen atoms in total. The highest BCUT2D eigenvalue weighted by atomic mass is 16.6. The molecule has 1 aromatic carbocycles. The molecule has 1 saturated carbocycles. The SMILES string of the molecule is Cn1cccc1CN(Cc1ccco1)C(=O)CN(C(=O)c1cccc([N+](=O)[O-])c1)C1CC1. The number of furan rings is 1. The van der Waals surface area contributed by atoms with Crippen LogP contribution in [0.2, 0.25) is 0 Å². The van der Waals surface area contributed by atoms with Crippen molar-refractivity contribution in [2.75, 3.05) is 6.54 Å². The molecular formula is C23H24N4O5.